The smallest absolute Gasteiger partial charge is 0.471 e. The Kier molecular flexibility index (Phi) is 4.52. The highest BCUT2D eigenvalue weighted by molar-refractivity contribution is 6.02. The van der Waals surface area contributed by atoms with Crippen LogP contribution in [0, 0.1) is 0 Å². The largest absolute Gasteiger partial charge is 0.497 e. The molecule has 104 valence electrons. The van der Waals surface area contributed by atoms with Gasteiger partial charge < -0.3 is 10.1 Å². The summed E-state index contributed by atoms with van der Waals surface area (Å²) in [5.74, 6) is -2.23. The summed E-state index contributed by atoms with van der Waals surface area (Å²) in [4.78, 5) is 22.5. The molecule has 0 saturated carbocycles. The Hall–Kier alpha value is -2.05. The van der Waals surface area contributed by atoms with Crippen molar-refractivity contribution in [3.05, 3.63) is 29.8 Å². The zero-order chi connectivity index (χ0) is 14.6. The van der Waals surface area contributed by atoms with Crippen LogP contribution >= 0.6 is 0 Å². The number of alkyl halides is 3. The van der Waals surface area contributed by atoms with Crippen LogP contribution in [0.15, 0.2) is 24.3 Å². The lowest BCUT2D eigenvalue weighted by Crippen LogP contribution is -2.45. The van der Waals surface area contributed by atoms with Crippen molar-refractivity contribution in [2.24, 2.45) is 0 Å². The van der Waals surface area contributed by atoms with Crippen molar-refractivity contribution >= 4 is 11.7 Å². The molecule has 0 unspecified atom stereocenters. The first-order valence-electron chi connectivity index (χ1n) is 5.31. The zero-order valence-corrected chi connectivity index (χ0v) is 10.2. The molecule has 1 N–H and O–H groups in total. The number of ether oxygens (including phenoxy) is 1. The average molecular weight is 275 g/mol. The minimum absolute atomic E-state index is 0.191. The van der Waals surface area contributed by atoms with E-state index in [1.807, 2.05) is 0 Å². The highest BCUT2D eigenvalue weighted by Gasteiger charge is 2.40. The number of halogens is 3. The summed E-state index contributed by atoms with van der Waals surface area (Å²) >= 11 is 0. The molecule has 0 radical (unpaired) electrons. The van der Waals surface area contributed by atoms with E-state index in [1.165, 1.54) is 38.3 Å². The van der Waals surface area contributed by atoms with Gasteiger partial charge in [-0.2, -0.15) is 13.2 Å². The minimum Gasteiger partial charge on any atom is -0.497 e. The fourth-order valence-electron chi connectivity index (χ4n) is 1.35. The second-order valence-corrected chi connectivity index (χ2v) is 3.79. The van der Waals surface area contributed by atoms with Crippen LogP contribution in [-0.4, -0.2) is 31.0 Å². The predicted octanol–water partition coefficient (Wildman–Crippen LogP) is 1.94. The van der Waals surface area contributed by atoms with Crippen molar-refractivity contribution in [2.45, 2.75) is 19.1 Å². The number of benzene rings is 1. The number of amides is 1. The van der Waals surface area contributed by atoms with Gasteiger partial charge in [0.2, 0.25) is 0 Å². The van der Waals surface area contributed by atoms with Gasteiger partial charge in [-0.05, 0) is 31.2 Å². The highest BCUT2D eigenvalue weighted by Crippen LogP contribution is 2.16. The van der Waals surface area contributed by atoms with E-state index < -0.39 is 23.9 Å². The molecule has 1 aromatic carbocycles. The van der Waals surface area contributed by atoms with Crippen LogP contribution < -0.4 is 10.1 Å². The topological polar surface area (TPSA) is 55.4 Å². The number of Topliss-reactive ketones (excluding diaryl/α,β-unsaturated/α-hetero) is 1. The first-order chi connectivity index (χ1) is 8.75. The molecule has 0 aliphatic carbocycles. The summed E-state index contributed by atoms with van der Waals surface area (Å²) in [7, 11) is 1.45. The quantitative estimate of drug-likeness (QED) is 0.854. The number of nitrogens with one attached hydrogen (secondary N) is 1. The maximum atomic E-state index is 12.0. The molecule has 4 nitrogen and oxygen atoms in total. The third-order valence-electron chi connectivity index (χ3n) is 2.37. The molecule has 0 spiro atoms. The molecule has 19 heavy (non-hydrogen) atoms. The molecule has 1 aromatic rings. The molecule has 0 fully saturated rings. The van der Waals surface area contributed by atoms with Gasteiger partial charge in [0.1, 0.15) is 5.75 Å². The van der Waals surface area contributed by atoms with Gasteiger partial charge in [-0.1, -0.05) is 0 Å². The van der Waals surface area contributed by atoms with Crippen LogP contribution in [0.2, 0.25) is 0 Å². The number of ketones is 1. The molecule has 0 aliphatic heterocycles. The number of rotatable bonds is 4. The van der Waals surface area contributed by atoms with Gasteiger partial charge in [-0.15, -0.1) is 0 Å². The number of hydrogen-bond acceptors (Lipinski definition) is 3. The van der Waals surface area contributed by atoms with E-state index in [2.05, 4.69) is 0 Å². The van der Waals surface area contributed by atoms with Crippen molar-refractivity contribution in [3.63, 3.8) is 0 Å². The second-order valence-electron chi connectivity index (χ2n) is 3.79. The van der Waals surface area contributed by atoms with E-state index in [4.69, 9.17) is 4.74 Å². The van der Waals surface area contributed by atoms with Crippen LogP contribution in [0.1, 0.15) is 17.3 Å². The van der Waals surface area contributed by atoms with Crippen LogP contribution in [0.25, 0.3) is 0 Å². The molecule has 0 heterocycles. The van der Waals surface area contributed by atoms with Crippen LogP contribution in [0.3, 0.4) is 0 Å². The number of carbonyl (C=O) groups is 2. The molecular weight excluding hydrogens is 263 g/mol. The van der Waals surface area contributed by atoms with Crippen molar-refractivity contribution in [1.82, 2.24) is 5.32 Å². The van der Waals surface area contributed by atoms with Gasteiger partial charge in [0.05, 0.1) is 13.2 Å². The summed E-state index contributed by atoms with van der Waals surface area (Å²) in [5, 5.41) is 1.60. The second kappa shape index (κ2) is 5.73. The summed E-state index contributed by atoms with van der Waals surface area (Å²) in [6.07, 6.45) is -5.01. The summed E-state index contributed by atoms with van der Waals surface area (Å²) in [6.45, 7) is 1.19. The van der Waals surface area contributed by atoms with Crippen LogP contribution in [0.5, 0.6) is 5.75 Å². The number of carbonyl (C=O) groups excluding carboxylic acids is 2. The highest BCUT2D eigenvalue weighted by atomic mass is 19.4. The normalized spacial score (nSPS) is 12.7. The van der Waals surface area contributed by atoms with Crippen molar-refractivity contribution < 1.29 is 27.5 Å². The van der Waals surface area contributed by atoms with Gasteiger partial charge in [0.15, 0.2) is 5.78 Å². The maximum absolute atomic E-state index is 12.0. The maximum Gasteiger partial charge on any atom is 0.471 e. The Labute approximate surface area is 107 Å². The first kappa shape index (κ1) is 15.0. The lowest BCUT2D eigenvalue weighted by atomic mass is 10.1. The Bertz CT molecular complexity index is 468. The molecule has 0 aliphatic rings. The van der Waals surface area contributed by atoms with Crippen molar-refractivity contribution in [3.8, 4) is 5.75 Å². The Morgan fingerprint density at radius 1 is 1.21 bits per heavy atom. The summed E-state index contributed by atoms with van der Waals surface area (Å²) in [5.41, 5.74) is 0.191. The standard InChI is InChI=1S/C12H12F3NO3/c1-7(16-11(18)12(13,14)15)10(17)8-3-5-9(19-2)6-4-8/h3-7H,1-2H3,(H,16,18)/t7-/m1/s1. The molecule has 0 aromatic heterocycles. The van der Waals surface area contributed by atoms with Gasteiger partial charge in [-0.25, -0.2) is 0 Å². The average Bonchev–Trinajstić information content (AvgIpc) is 2.36. The predicted molar refractivity (Wildman–Crippen MR) is 61.0 cm³/mol. The lowest BCUT2D eigenvalue weighted by Gasteiger charge is -2.14. The Morgan fingerprint density at radius 2 is 1.74 bits per heavy atom. The SMILES string of the molecule is COc1ccc(C(=O)[C@@H](C)NC(=O)C(F)(F)F)cc1. The number of hydrogen-bond donors (Lipinski definition) is 1. The number of methoxy groups -OCH3 is 1. The summed E-state index contributed by atoms with van der Waals surface area (Å²) < 4.78 is 41.0. The molecule has 0 saturated heterocycles. The van der Waals surface area contributed by atoms with Crippen LogP contribution in [0.4, 0.5) is 13.2 Å². The zero-order valence-electron chi connectivity index (χ0n) is 10.2. The fraction of sp³-hybridized carbons (Fsp3) is 0.333. The summed E-state index contributed by atoms with van der Waals surface area (Å²) in [6, 6.07) is 4.58. The minimum atomic E-state index is -5.01. The van der Waals surface area contributed by atoms with E-state index in [-0.39, 0.29) is 5.56 Å². The Balaban J connectivity index is 2.74. The molecular formula is C12H12F3NO3. The van der Waals surface area contributed by atoms with Gasteiger partial charge in [0, 0.05) is 5.56 Å². The lowest BCUT2D eigenvalue weighted by molar-refractivity contribution is -0.173. The van der Waals surface area contributed by atoms with E-state index in [0.717, 1.165) is 0 Å². The van der Waals surface area contributed by atoms with Crippen LogP contribution in [-0.2, 0) is 4.79 Å². The molecule has 0 bridgehead atoms. The first-order valence-corrected chi connectivity index (χ1v) is 5.31. The fourth-order valence-corrected chi connectivity index (χ4v) is 1.35. The third-order valence-corrected chi connectivity index (χ3v) is 2.37. The van der Waals surface area contributed by atoms with Gasteiger partial charge >= 0.3 is 12.1 Å². The molecule has 7 heteroatoms. The Morgan fingerprint density at radius 3 is 2.16 bits per heavy atom. The third kappa shape index (κ3) is 3.97. The molecule has 1 amide bonds. The molecule has 1 atom stereocenters. The van der Waals surface area contributed by atoms with Crippen molar-refractivity contribution in [2.75, 3.05) is 7.11 Å². The van der Waals surface area contributed by atoms with E-state index >= 15 is 0 Å². The molecule has 1 rings (SSSR count). The van der Waals surface area contributed by atoms with E-state index in [9.17, 15) is 22.8 Å². The monoisotopic (exact) mass is 275 g/mol. The van der Waals surface area contributed by atoms with Crippen molar-refractivity contribution in [1.29, 1.82) is 0 Å². The van der Waals surface area contributed by atoms with E-state index in [1.54, 1.807) is 5.32 Å². The van der Waals surface area contributed by atoms with E-state index in [0.29, 0.717) is 5.75 Å². The van der Waals surface area contributed by atoms with Gasteiger partial charge in [-0.3, -0.25) is 9.59 Å². The van der Waals surface area contributed by atoms with Gasteiger partial charge in [0.25, 0.3) is 0 Å².